The highest BCUT2D eigenvalue weighted by Gasteiger charge is 2.33. The molecule has 1 atom stereocenters. The number of anilines is 1. The lowest BCUT2D eigenvalue weighted by Gasteiger charge is -2.32. The molecule has 0 saturated carbocycles. The van der Waals surface area contributed by atoms with Gasteiger partial charge in [0.25, 0.3) is 10.0 Å². The van der Waals surface area contributed by atoms with Gasteiger partial charge in [-0.1, -0.05) is 55.8 Å². The van der Waals surface area contributed by atoms with Gasteiger partial charge in [-0.25, -0.2) is 8.42 Å². The third-order valence-electron chi connectivity index (χ3n) is 6.38. The van der Waals surface area contributed by atoms with E-state index in [0.717, 1.165) is 9.87 Å². The summed E-state index contributed by atoms with van der Waals surface area (Å²) in [5, 5.41) is 3.40. The van der Waals surface area contributed by atoms with E-state index < -0.39 is 28.5 Å². The molecular formula is C30H36ClN3O6S. The minimum absolute atomic E-state index is 0.0747. The molecule has 0 fully saturated rings. The van der Waals surface area contributed by atoms with E-state index in [1.807, 2.05) is 13.8 Å². The van der Waals surface area contributed by atoms with Crippen LogP contribution in [0.1, 0.15) is 26.3 Å². The lowest BCUT2D eigenvalue weighted by Crippen LogP contribution is -2.51. The maximum absolute atomic E-state index is 14.0. The van der Waals surface area contributed by atoms with E-state index in [0.29, 0.717) is 23.0 Å². The summed E-state index contributed by atoms with van der Waals surface area (Å²) >= 11 is 6.05. The van der Waals surface area contributed by atoms with Crippen molar-refractivity contribution in [2.24, 2.45) is 5.92 Å². The van der Waals surface area contributed by atoms with Crippen LogP contribution >= 0.6 is 11.6 Å². The minimum atomic E-state index is -4.25. The van der Waals surface area contributed by atoms with E-state index in [-0.39, 0.29) is 29.0 Å². The van der Waals surface area contributed by atoms with Crippen LogP contribution in [-0.2, 0) is 26.2 Å². The maximum atomic E-state index is 14.0. The fraction of sp³-hybridized carbons (Fsp3) is 0.333. The van der Waals surface area contributed by atoms with Crippen LogP contribution in [0.4, 0.5) is 5.69 Å². The summed E-state index contributed by atoms with van der Waals surface area (Å²) in [6, 6.07) is 18.6. The number of hydrogen-bond donors (Lipinski definition) is 1. The molecule has 3 rings (SSSR count). The molecule has 0 unspecified atom stereocenters. The maximum Gasteiger partial charge on any atom is 0.264 e. The van der Waals surface area contributed by atoms with Crippen molar-refractivity contribution in [3.8, 4) is 11.5 Å². The lowest BCUT2D eigenvalue weighted by atomic mass is 10.1. The van der Waals surface area contributed by atoms with E-state index in [9.17, 15) is 18.0 Å². The van der Waals surface area contributed by atoms with Gasteiger partial charge >= 0.3 is 0 Å². The Kier molecular flexibility index (Phi) is 11.0. The zero-order valence-electron chi connectivity index (χ0n) is 23.8. The molecule has 0 aliphatic carbocycles. The van der Waals surface area contributed by atoms with Gasteiger partial charge < -0.3 is 19.7 Å². The van der Waals surface area contributed by atoms with E-state index in [2.05, 4.69) is 5.32 Å². The van der Waals surface area contributed by atoms with Crippen molar-refractivity contribution in [3.05, 3.63) is 83.4 Å². The van der Waals surface area contributed by atoms with E-state index in [1.54, 1.807) is 61.5 Å². The molecule has 41 heavy (non-hydrogen) atoms. The lowest BCUT2D eigenvalue weighted by molar-refractivity contribution is -0.139. The van der Waals surface area contributed by atoms with E-state index in [1.165, 1.54) is 37.3 Å². The van der Waals surface area contributed by atoms with Gasteiger partial charge in [-0.3, -0.25) is 13.9 Å². The van der Waals surface area contributed by atoms with Crippen molar-refractivity contribution in [2.45, 2.75) is 38.3 Å². The summed E-state index contributed by atoms with van der Waals surface area (Å²) < 4.78 is 39.6. The van der Waals surface area contributed by atoms with Crippen molar-refractivity contribution in [1.29, 1.82) is 0 Å². The van der Waals surface area contributed by atoms with Crippen molar-refractivity contribution in [3.63, 3.8) is 0 Å². The Balaban J connectivity index is 2.02. The standard InChI is InChI=1S/C30H36ClN3O6S/c1-21(2)18-32-30(36)22(3)33(19-23-11-13-24(31)14-12-23)29(35)20-34(25-9-7-6-8-10-25)41(37,38)26-15-16-27(39-4)28(17-26)40-5/h6-17,21-22H,18-20H2,1-5H3,(H,32,36)/t22-/m0/s1. The van der Waals surface area contributed by atoms with Crippen LogP contribution in [0.15, 0.2) is 77.7 Å². The predicted octanol–water partition coefficient (Wildman–Crippen LogP) is 4.74. The summed E-state index contributed by atoms with van der Waals surface area (Å²) in [4.78, 5) is 28.3. The fourth-order valence-electron chi connectivity index (χ4n) is 4.05. The van der Waals surface area contributed by atoms with Crippen LogP contribution in [0.25, 0.3) is 0 Å². The van der Waals surface area contributed by atoms with Gasteiger partial charge in [0.1, 0.15) is 12.6 Å². The van der Waals surface area contributed by atoms with E-state index in [4.69, 9.17) is 21.1 Å². The molecule has 0 radical (unpaired) electrons. The second-order valence-electron chi connectivity index (χ2n) is 9.83. The number of carbonyl (C=O) groups is 2. The summed E-state index contributed by atoms with van der Waals surface area (Å²) in [5.74, 6) is -0.0845. The summed E-state index contributed by atoms with van der Waals surface area (Å²) in [6.07, 6.45) is 0. The number of nitrogens with one attached hydrogen (secondary N) is 1. The number of nitrogens with zero attached hydrogens (tertiary/aromatic N) is 2. The third kappa shape index (κ3) is 8.14. The average Bonchev–Trinajstić information content (AvgIpc) is 2.97. The number of carbonyl (C=O) groups excluding carboxylic acids is 2. The van der Waals surface area contributed by atoms with Gasteiger partial charge in [-0.05, 0) is 54.8 Å². The molecule has 9 nitrogen and oxygen atoms in total. The molecule has 0 aromatic heterocycles. The molecule has 3 aromatic rings. The first-order valence-electron chi connectivity index (χ1n) is 13.1. The van der Waals surface area contributed by atoms with Crippen molar-refractivity contribution >= 4 is 39.1 Å². The Hall–Kier alpha value is -3.76. The fourth-order valence-corrected chi connectivity index (χ4v) is 5.60. The summed E-state index contributed by atoms with van der Waals surface area (Å²) in [7, 11) is -1.39. The highest BCUT2D eigenvalue weighted by Crippen LogP contribution is 2.32. The molecule has 0 saturated heterocycles. The first kappa shape index (κ1) is 31.8. The van der Waals surface area contributed by atoms with Gasteiger partial charge in [-0.2, -0.15) is 0 Å². The number of amides is 2. The SMILES string of the molecule is COc1ccc(S(=O)(=O)N(CC(=O)N(Cc2ccc(Cl)cc2)[C@@H](C)C(=O)NCC(C)C)c2ccccc2)cc1OC. The van der Waals surface area contributed by atoms with Gasteiger partial charge in [0.05, 0.1) is 24.8 Å². The van der Waals surface area contributed by atoms with Crippen LogP contribution in [0.5, 0.6) is 11.5 Å². The Bertz CT molecular complexity index is 1430. The van der Waals surface area contributed by atoms with Crippen molar-refractivity contribution < 1.29 is 27.5 Å². The van der Waals surface area contributed by atoms with Crippen molar-refractivity contribution in [2.75, 3.05) is 31.6 Å². The van der Waals surface area contributed by atoms with Crippen LogP contribution in [0.3, 0.4) is 0 Å². The molecule has 0 aliphatic heterocycles. The molecule has 1 N–H and O–H groups in total. The predicted molar refractivity (Wildman–Crippen MR) is 160 cm³/mol. The Morgan fingerprint density at radius 3 is 2.12 bits per heavy atom. The number of hydrogen-bond acceptors (Lipinski definition) is 6. The Morgan fingerprint density at radius 1 is 0.902 bits per heavy atom. The Labute approximate surface area is 247 Å². The number of ether oxygens (including phenoxy) is 2. The number of halogens is 1. The molecular weight excluding hydrogens is 566 g/mol. The van der Waals surface area contributed by atoms with Crippen molar-refractivity contribution in [1.82, 2.24) is 10.2 Å². The number of rotatable bonds is 13. The molecule has 3 aromatic carbocycles. The van der Waals surface area contributed by atoms with Crippen LogP contribution < -0.4 is 19.1 Å². The van der Waals surface area contributed by atoms with Gasteiger partial charge in [0, 0.05) is 24.2 Å². The molecule has 11 heteroatoms. The van der Waals surface area contributed by atoms with Gasteiger partial charge in [0.2, 0.25) is 11.8 Å². The largest absolute Gasteiger partial charge is 0.493 e. The number of para-hydroxylation sites is 1. The molecule has 2 amide bonds. The summed E-state index contributed by atoms with van der Waals surface area (Å²) in [6.45, 7) is 5.53. The van der Waals surface area contributed by atoms with E-state index >= 15 is 0 Å². The van der Waals surface area contributed by atoms with Gasteiger partial charge in [-0.15, -0.1) is 0 Å². The first-order chi connectivity index (χ1) is 19.5. The zero-order chi connectivity index (χ0) is 30.2. The highest BCUT2D eigenvalue weighted by molar-refractivity contribution is 7.92. The molecule has 0 heterocycles. The van der Waals surface area contributed by atoms with Crippen LogP contribution in [0, 0.1) is 5.92 Å². The second kappa shape index (κ2) is 14.2. The number of benzene rings is 3. The third-order valence-corrected chi connectivity index (χ3v) is 8.41. The topological polar surface area (TPSA) is 105 Å². The first-order valence-corrected chi connectivity index (χ1v) is 14.9. The van der Waals surface area contributed by atoms with Crippen LogP contribution in [0.2, 0.25) is 5.02 Å². The van der Waals surface area contributed by atoms with Gasteiger partial charge in [0.15, 0.2) is 11.5 Å². The molecule has 220 valence electrons. The molecule has 0 aliphatic rings. The summed E-state index contributed by atoms with van der Waals surface area (Å²) in [5.41, 5.74) is 1.03. The monoisotopic (exact) mass is 601 g/mol. The Morgan fingerprint density at radius 2 is 1.54 bits per heavy atom. The average molecular weight is 602 g/mol. The minimum Gasteiger partial charge on any atom is -0.493 e. The molecule has 0 bridgehead atoms. The second-order valence-corrected chi connectivity index (χ2v) is 12.1. The smallest absolute Gasteiger partial charge is 0.264 e. The molecule has 0 spiro atoms. The quantitative estimate of drug-likeness (QED) is 0.303. The number of sulfonamides is 1. The zero-order valence-corrected chi connectivity index (χ0v) is 25.4. The van der Waals surface area contributed by atoms with Crippen LogP contribution in [-0.4, -0.2) is 58.5 Å². The number of methoxy groups -OCH3 is 2. The highest BCUT2D eigenvalue weighted by atomic mass is 35.5. The normalized spacial score (nSPS) is 12.0.